The van der Waals surface area contributed by atoms with E-state index in [2.05, 4.69) is 31.1 Å². The maximum Gasteiger partial charge on any atom is 0.316 e. The molecule has 4 nitrogen and oxygen atoms in total. The SMILES string of the molecule is CCOC(=O)C(C)(C)c1cc2c(s1)C(=O)Cc1ccccc1C2=CCCN(C)C. The fourth-order valence-corrected chi connectivity index (χ4v) is 4.74. The van der Waals surface area contributed by atoms with E-state index in [1.807, 2.05) is 45.0 Å². The number of esters is 1. The number of Topliss-reactive ketones (excluding diaryl/α,β-unsaturated/α-hetero) is 1. The molecule has 1 aliphatic carbocycles. The fourth-order valence-electron chi connectivity index (χ4n) is 3.54. The summed E-state index contributed by atoms with van der Waals surface area (Å²) in [6.45, 7) is 6.81. The molecule has 1 aromatic carbocycles. The Morgan fingerprint density at radius 1 is 1.24 bits per heavy atom. The van der Waals surface area contributed by atoms with Gasteiger partial charge < -0.3 is 9.64 Å². The molecule has 0 unspecified atom stereocenters. The lowest BCUT2D eigenvalue weighted by Crippen LogP contribution is -2.30. The average molecular weight is 412 g/mol. The topological polar surface area (TPSA) is 46.6 Å². The van der Waals surface area contributed by atoms with Crippen LogP contribution in [0.1, 0.15) is 58.4 Å². The van der Waals surface area contributed by atoms with Crippen LogP contribution in [0.5, 0.6) is 0 Å². The molecule has 29 heavy (non-hydrogen) atoms. The minimum Gasteiger partial charge on any atom is -0.465 e. The number of nitrogens with zero attached hydrogens (tertiary/aromatic N) is 1. The molecule has 3 rings (SSSR count). The number of rotatable bonds is 6. The lowest BCUT2D eigenvalue weighted by atomic mass is 9.89. The summed E-state index contributed by atoms with van der Waals surface area (Å²) in [5.41, 5.74) is 3.41. The third kappa shape index (κ3) is 4.36. The molecule has 1 aliphatic rings. The lowest BCUT2D eigenvalue weighted by molar-refractivity contribution is -0.148. The monoisotopic (exact) mass is 411 g/mol. The van der Waals surface area contributed by atoms with Crippen molar-refractivity contribution in [2.75, 3.05) is 27.2 Å². The van der Waals surface area contributed by atoms with Crippen LogP contribution in [0.25, 0.3) is 5.57 Å². The third-order valence-electron chi connectivity index (χ3n) is 5.26. The zero-order valence-corrected chi connectivity index (χ0v) is 18.7. The minimum absolute atomic E-state index is 0.111. The van der Waals surface area contributed by atoms with Gasteiger partial charge in [-0.3, -0.25) is 9.59 Å². The molecule has 0 radical (unpaired) electrons. The number of benzene rings is 1. The molecular formula is C24H29NO3S. The first-order chi connectivity index (χ1) is 13.8. The molecule has 1 aromatic heterocycles. The molecule has 0 atom stereocenters. The highest BCUT2D eigenvalue weighted by Gasteiger charge is 2.36. The third-order valence-corrected chi connectivity index (χ3v) is 6.76. The molecule has 0 saturated heterocycles. The Bertz CT molecular complexity index is 953. The predicted molar refractivity (Wildman–Crippen MR) is 119 cm³/mol. The van der Waals surface area contributed by atoms with Crippen molar-refractivity contribution in [1.82, 2.24) is 4.90 Å². The van der Waals surface area contributed by atoms with E-state index < -0.39 is 5.41 Å². The lowest BCUT2D eigenvalue weighted by Gasteiger charge is -2.20. The van der Waals surface area contributed by atoms with Crippen LogP contribution in [0.15, 0.2) is 36.4 Å². The van der Waals surface area contributed by atoms with Crippen molar-refractivity contribution in [2.45, 2.75) is 39.0 Å². The Balaban J connectivity index is 2.13. The average Bonchev–Trinajstić information content (AvgIpc) is 3.08. The molecule has 0 amide bonds. The Labute approximate surface area is 177 Å². The van der Waals surface area contributed by atoms with Gasteiger partial charge in [0.1, 0.15) is 0 Å². The van der Waals surface area contributed by atoms with Gasteiger partial charge in [0.25, 0.3) is 0 Å². The second-order valence-electron chi connectivity index (χ2n) is 8.17. The van der Waals surface area contributed by atoms with Crippen LogP contribution >= 0.6 is 11.3 Å². The Morgan fingerprint density at radius 2 is 1.97 bits per heavy atom. The summed E-state index contributed by atoms with van der Waals surface area (Å²) in [4.78, 5) is 29.4. The molecule has 5 heteroatoms. The van der Waals surface area contributed by atoms with Gasteiger partial charge in [-0.1, -0.05) is 30.3 Å². The quantitative estimate of drug-likeness (QED) is 0.646. The summed E-state index contributed by atoms with van der Waals surface area (Å²) < 4.78 is 5.28. The van der Waals surface area contributed by atoms with Crippen LogP contribution in [-0.2, 0) is 21.4 Å². The number of ketones is 1. The molecule has 0 spiro atoms. The highest BCUT2D eigenvalue weighted by molar-refractivity contribution is 7.14. The maximum absolute atomic E-state index is 13.1. The summed E-state index contributed by atoms with van der Waals surface area (Å²) in [7, 11) is 4.11. The second-order valence-corrected chi connectivity index (χ2v) is 9.22. The van der Waals surface area contributed by atoms with Crippen molar-refractivity contribution < 1.29 is 14.3 Å². The van der Waals surface area contributed by atoms with Crippen LogP contribution < -0.4 is 0 Å². The van der Waals surface area contributed by atoms with Crippen molar-refractivity contribution in [3.05, 3.63) is 62.9 Å². The van der Waals surface area contributed by atoms with E-state index in [1.165, 1.54) is 11.3 Å². The number of hydrogen-bond donors (Lipinski definition) is 0. The number of fused-ring (bicyclic) bond motifs is 2. The van der Waals surface area contributed by atoms with Gasteiger partial charge in [0.05, 0.1) is 16.9 Å². The predicted octanol–water partition coefficient (Wildman–Crippen LogP) is 4.71. The standard InChI is InChI=1S/C24H29NO3S/c1-6-28-23(27)24(2,3)21-15-19-18(12-9-13-25(4)5)17-11-8-7-10-16(17)14-20(26)22(19)29-21/h7-8,10-12,15H,6,9,13-14H2,1-5H3. The van der Waals surface area contributed by atoms with Crippen LogP contribution in [-0.4, -0.2) is 43.9 Å². The summed E-state index contributed by atoms with van der Waals surface area (Å²) in [5.74, 6) is -0.151. The van der Waals surface area contributed by atoms with Crippen molar-refractivity contribution in [1.29, 1.82) is 0 Å². The number of carbonyl (C=O) groups is 2. The largest absolute Gasteiger partial charge is 0.465 e. The van der Waals surface area contributed by atoms with E-state index >= 15 is 0 Å². The number of thiophene rings is 1. The maximum atomic E-state index is 13.1. The van der Waals surface area contributed by atoms with E-state index in [0.717, 1.165) is 45.0 Å². The Kier molecular flexibility index (Phi) is 6.39. The summed E-state index contributed by atoms with van der Waals surface area (Å²) in [5, 5.41) is 0. The van der Waals surface area contributed by atoms with Crippen molar-refractivity contribution in [2.24, 2.45) is 0 Å². The first-order valence-electron chi connectivity index (χ1n) is 10.0. The molecular weight excluding hydrogens is 382 g/mol. The first-order valence-corrected chi connectivity index (χ1v) is 10.9. The molecule has 0 N–H and O–H groups in total. The van der Waals surface area contributed by atoms with Crippen LogP contribution in [0.2, 0.25) is 0 Å². The van der Waals surface area contributed by atoms with Crippen molar-refractivity contribution >= 4 is 28.7 Å². The first kappa shape index (κ1) is 21.5. The van der Waals surface area contributed by atoms with Gasteiger partial charge in [0.2, 0.25) is 0 Å². The highest BCUT2D eigenvalue weighted by Crippen LogP contribution is 2.42. The normalized spacial score (nSPS) is 15.2. The second kappa shape index (κ2) is 8.64. The van der Waals surface area contributed by atoms with E-state index in [-0.39, 0.29) is 11.8 Å². The minimum atomic E-state index is -0.790. The van der Waals surface area contributed by atoms with E-state index in [1.54, 1.807) is 0 Å². The number of hydrogen-bond acceptors (Lipinski definition) is 5. The fraction of sp³-hybridized carbons (Fsp3) is 0.417. The van der Waals surface area contributed by atoms with E-state index in [9.17, 15) is 9.59 Å². The summed E-state index contributed by atoms with van der Waals surface area (Å²) in [6.07, 6.45) is 3.49. The molecule has 0 bridgehead atoms. The Hall–Kier alpha value is -2.24. The van der Waals surface area contributed by atoms with Gasteiger partial charge >= 0.3 is 5.97 Å². The van der Waals surface area contributed by atoms with Crippen molar-refractivity contribution in [3.63, 3.8) is 0 Å². The molecule has 0 saturated carbocycles. The van der Waals surface area contributed by atoms with Gasteiger partial charge in [0, 0.05) is 23.4 Å². The van der Waals surface area contributed by atoms with Gasteiger partial charge in [-0.15, -0.1) is 11.3 Å². The van der Waals surface area contributed by atoms with Crippen molar-refractivity contribution in [3.8, 4) is 0 Å². The molecule has 0 fully saturated rings. The Morgan fingerprint density at radius 3 is 2.66 bits per heavy atom. The van der Waals surface area contributed by atoms with Gasteiger partial charge in [0.15, 0.2) is 5.78 Å². The van der Waals surface area contributed by atoms with Gasteiger partial charge in [-0.2, -0.15) is 0 Å². The molecule has 1 heterocycles. The van der Waals surface area contributed by atoms with Crippen LogP contribution in [0.4, 0.5) is 0 Å². The highest BCUT2D eigenvalue weighted by atomic mass is 32.1. The van der Waals surface area contributed by atoms with Gasteiger partial charge in [-0.25, -0.2) is 0 Å². The number of carbonyl (C=O) groups excluding carboxylic acids is 2. The molecule has 154 valence electrons. The van der Waals surface area contributed by atoms with E-state index in [4.69, 9.17) is 4.74 Å². The smallest absolute Gasteiger partial charge is 0.316 e. The number of ether oxygens (including phenoxy) is 1. The van der Waals surface area contributed by atoms with Crippen LogP contribution in [0, 0.1) is 0 Å². The van der Waals surface area contributed by atoms with Crippen LogP contribution in [0.3, 0.4) is 0 Å². The van der Waals surface area contributed by atoms with E-state index in [0.29, 0.717) is 13.0 Å². The summed E-state index contributed by atoms with van der Waals surface area (Å²) >= 11 is 1.43. The molecule has 2 aromatic rings. The zero-order chi connectivity index (χ0) is 21.2. The zero-order valence-electron chi connectivity index (χ0n) is 17.9. The molecule has 0 aliphatic heterocycles. The summed E-state index contributed by atoms with van der Waals surface area (Å²) in [6, 6.07) is 10.2. The van der Waals surface area contributed by atoms with Gasteiger partial charge in [-0.05, 0) is 64.1 Å².